The van der Waals surface area contributed by atoms with Gasteiger partial charge in [0.2, 0.25) is 0 Å². The molecule has 0 spiro atoms. The zero-order chi connectivity index (χ0) is 10.4. The molecule has 12 heteroatoms. The molecule has 0 radical (unpaired) electrons. The Morgan fingerprint density at radius 2 is 1.00 bits per heavy atom. The number of halogens is 1. The van der Waals surface area contributed by atoms with Crippen LogP contribution < -0.4 is 0 Å². The SMILES string of the molecule is O=S(=O)(O)OOS(=O)(=O)O.OCl. The van der Waals surface area contributed by atoms with Crippen LogP contribution in [-0.2, 0) is 29.5 Å². The molecule has 0 aliphatic rings. The van der Waals surface area contributed by atoms with Gasteiger partial charge in [0.1, 0.15) is 0 Å². The maximum absolute atomic E-state index is 9.51. The largest absolute Gasteiger partial charge is 0.425 e. The van der Waals surface area contributed by atoms with Gasteiger partial charge < -0.3 is 0 Å². The van der Waals surface area contributed by atoms with Crippen LogP contribution in [0.5, 0.6) is 0 Å². The fourth-order valence-corrected chi connectivity index (χ4v) is 0.632. The summed E-state index contributed by atoms with van der Waals surface area (Å²) in [6, 6.07) is 0. The maximum atomic E-state index is 9.51. The molecule has 0 aliphatic carbocycles. The Morgan fingerprint density at radius 1 is 0.833 bits per heavy atom. The van der Waals surface area contributed by atoms with Crippen LogP contribution in [0.1, 0.15) is 0 Å². The lowest BCUT2D eigenvalue weighted by Gasteiger charge is -1.92. The summed E-state index contributed by atoms with van der Waals surface area (Å²) in [6.45, 7) is 0. The lowest BCUT2D eigenvalue weighted by atomic mass is 14.9. The molecular weight excluding hydrogens is 244 g/mol. The zero-order valence-corrected chi connectivity index (χ0v) is 7.37. The van der Waals surface area contributed by atoms with E-state index in [4.69, 9.17) is 13.8 Å². The highest BCUT2D eigenvalue weighted by molar-refractivity contribution is 7.83. The third kappa shape index (κ3) is 16.5. The molecule has 0 aliphatic heterocycles. The van der Waals surface area contributed by atoms with E-state index < -0.39 is 20.8 Å². The van der Waals surface area contributed by atoms with E-state index in [1.165, 1.54) is 0 Å². The van der Waals surface area contributed by atoms with Gasteiger partial charge in [-0.1, -0.05) is 8.67 Å². The third-order valence-corrected chi connectivity index (χ3v) is 0.766. The maximum Gasteiger partial charge on any atom is 0.425 e. The van der Waals surface area contributed by atoms with Crippen LogP contribution in [0.3, 0.4) is 0 Å². The first kappa shape index (κ1) is 14.5. The molecular formula is H3ClO9S2. The fraction of sp³-hybridized carbons (Fsp3) is 0. The molecule has 0 heterocycles. The fourth-order valence-electron chi connectivity index (χ4n) is 0.0702. The van der Waals surface area contributed by atoms with E-state index >= 15 is 0 Å². The molecule has 0 fully saturated rings. The highest BCUT2D eigenvalue weighted by Crippen LogP contribution is 1.92. The third-order valence-electron chi connectivity index (χ3n) is 0.200. The van der Waals surface area contributed by atoms with Gasteiger partial charge >= 0.3 is 20.8 Å². The zero-order valence-electron chi connectivity index (χ0n) is 4.99. The number of rotatable bonds is 3. The van der Waals surface area contributed by atoms with Crippen molar-refractivity contribution < 1.29 is 39.3 Å². The quantitative estimate of drug-likeness (QED) is 0.313. The highest BCUT2D eigenvalue weighted by atomic mass is 35.5. The smallest absolute Gasteiger partial charge is 0.295 e. The molecule has 3 N–H and O–H groups in total. The van der Waals surface area contributed by atoms with Crippen LogP contribution in [-0.4, -0.2) is 30.6 Å². The summed E-state index contributed by atoms with van der Waals surface area (Å²) in [5.74, 6) is 0. The van der Waals surface area contributed by atoms with E-state index in [2.05, 4.69) is 20.5 Å². The predicted octanol–water partition coefficient (Wildman–Crippen LogP) is -1.33. The topological polar surface area (TPSA) is 147 Å². The van der Waals surface area contributed by atoms with Crippen LogP contribution in [0.25, 0.3) is 0 Å². The van der Waals surface area contributed by atoms with Crippen molar-refractivity contribution in [1.29, 1.82) is 0 Å². The van der Waals surface area contributed by atoms with Crippen LogP contribution in [0.15, 0.2) is 0 Å². The average Bonchev–Trinajstić information content (AvgIpc) is 1.86. The van der Waals surface area contributed by atoms with Crippen molar-refractivity contribution in [2.75, 3.05) is 0 Å². The van der Waals surface area contributed by atoms with Crippen molar-refractivity contribution in [1.82, 2.24) is 0 Å². The summed E-state index contributed by atoms with van der Waals surface area (Å²) in [5.41, 5.74) is 0. The molecule has 0 aromatic rings. The summed E-state index contributed by atoms with van der Waals surface area (Å²) in [4.78, 5) is 0. The second kappa shape index (κ2) is 5.60. The summed E-state index contributed by atoms with van der Waals surface area (Å²) >= 11 is 3.64. The first-order chi connectivity index (χ1) is 5.21. The molecule has 0 rings (SSSR count). The Kier molecular flexibility index (Phi) is 6.78. The Balaban J connectivity index is 0. The van der Waals surface area contributed by atoms with Crippen molar-refractivity contribution in [3.05, 3.63) is 0 Å². The monoisotopic (exact) mass is 246 g/mol. The average molecular weight is 247 g/mol. The van der Waals surface area contributed by atoms with Crippen molar-refractivity contribution >= 4 is 32.7 Å². The van der Waals surface area contributed by atoms with E-state index in [0.29, 0.717) is 0 Å². The van der Waals surface area contributed by atoms with E-state index in [1.54, 1.807) is 0 Å². The second-order valence-corrected chi connectivity index (χ2v) is 2.97. The number of hydrogen-bond acceptors (Lipinski definition) is 7. The summed E-state index contributed by atoms with van der Waals surface area (Å²) in [6.07, 6.45) is 0. The minimum absolute atomic E-state index is 2.78. The molecule has 0 unspecified atom stereocenters. The van der Waals surface area contributed by atoms with Crippen LogP contribution in [0.2, 0.25) is 0 Å². The minimum atomic E-state index is -5.02. The molecule has 0 aromatic carbocycles. The van der Waals surface area contributed by atoms with E-state index in [9.17, 15) is 16.8 Å². The van der Waals surface area contributed by atoms with Gasteiger partial charge in [0, 0.05) is 0 Å². The standard InChI is InChI=1S/ClHO.H2O8S2/c1-2;1-9(2,3)7-8-10(4,5)6/h2H;(H,1,2,3)(H,4,5,6). The minimum Gasteiger partial charge on any atom is -0.295 e. The molecule has 0 bridgehead atoms. The first-order valence-corrected chi connectivity index (χ1v) is 4.77. The van der Waals surface area contributed by atoms with E-state index in [0.717, 1.165) is 0 Å². The van der Waals surface area contributed by atoms with Crippen molar-refractivity contribution in [3.8, 4) is 0 Å². The molecule has 0 saturated heterocycles. The number of hydrogen-bond donors (Lipinski definition) is 3. The van der Waals surface area contributed by atoms with E-state index in [-0.39, 0.29) is 0 Å². The van der Waals surface area contributed by atoms with Gasteiger partial charge in [0.25, 0.3) is 0 Å². The molecule has 0 atom stereocenters. The molecule has 12 heavy (non-hydrogen) atoms. The van der Waals surface area contributed by atoms with Gasteiger partial charge in [-0.3, -0.25) is 13.8 Å². The molecule has 9 nitrogen and oxygen atoms in total. The normalized spacial score (nSPS) is 11.7. The summed E-state index contributed by atoms with van der Waals surface area (Å²) in [7, 11) is -10.0. The van der Waals surface area contributed by atoms with Gasteiger partial charge in [0.05, 0.1) is 11.9 Å². The molecule has 0 aromatic heterocycles. The van der Waals surface area contributed by atoms with Crippen LogP contribution in [0, 0.1) is 0 Å². The Hall–Kier alpha value is -0.0100. The summed E-state index contributed by atoms with van der Waals surface area (Å²) in [5, 5.41) is 0. The molecule has 76 valence electrons. The predicted molar refractivity (Wildman–Crippen MR) is 33.3 cm³/mol. The van der Waals surface area contributed by atoms with E-state index in [1.807, 2.05) is 0 Å². The molecule has 0 amide bonds. The lowest BCUT2D eigenvalue weighted by Crippen LogP contribution is -2.10. The van der Waals surface area contributed by atoms with Crippen LogP contribution in [0.4, 0.5) is 0 Å². The Labute approximate surface area is 72.5 Å². The summed E-state index contributed by atoms with van der Waals surface area (Å²) < 4.78 is 65.3. The Bertz CT molecular complexity index is 248. The van der Waals surface area contributed by atoms with Crippen molar-refractivity contribution in [2.24, 2.45) is 0 Å². The highest BCUT2D eigenvalue weighted by Gasteiger charge is 2.13. The second-order valence-electron chi connectivity index (χ2n) is 0.992. The van der Waals surface area contributed by atoms with Gasteiger partial charge in [-0.25, -0.2) is 0 Å². The van der Waals surface area contributed by atoms with Gasteiger partial charge in [-0.2, -0.15) is 16.8 Å². The van der Waals surface area contributed by atoms with Gasteiger partial charge in [0.15, 0.2) is 0 Å². The van der Waals surface area contributed by atoms with Crippen molar-refractivity contribution in [3.63, 3.8) is 0 Å². The van der Waals surface area contributed by atoms with Gasteiger partial charge in [-0.05, 0) is 0 Å². The lowest BCUT2D eigenvalue weighted by molar-refractivity contribution is -0.105. The Morgan fingerprint density at radius 3 is 1.08 bits per heavy atom. The van der Waals surface area contributed by atoms with Gasteiger partial charge in [-0.15, -0.1) is 0 Å². The van der Waals surface area contributed by atoms with Crippen molar-refractivity contribution in [2.45, 2.75) is 0 Å². The first-order valence-electron chi connectivity index (χ1n) is 1.70. The molecule has 0 saturated carbocycles. The van der Waals surface area contributed by atoms with Crippen LogP contribution >= 0.6 is 11.9 Å².